The predicted molar refractivity (Wildman–Crippen MR) is 155 cm³/mol. The Morgan fingerprint density at radius 3 is 2.49 bits per heavy atom. The van der Waals surface area contributed by atoms with Crippen LogP contribution in [0.1, 0.15) is 29.7 Å². The van der Waals surface area contributed by atoms with Crippen molar-refractivity contribution in [3.8, 4) is 22.8 Å². The number of aliphatic imine (C=N–C) groups is 1. The summed E-state index contributed by atoms with van der Waals surface area (Å²) in [5, 5.41) is 4.66. The predicted octanol–water partition coefficient (Wildman–Crippen LogP) is 6.29. The van der Waals surface area contributed by atoms with E-state index in [9.17, 15) is 22.8 Å². The lowest BCUT2D eigenvalue weighted by Crippen LogP contribution is -2.32. The van der Waals surface area contributed by atoms with Crippen LogP contribution in [-0.4, -0.2) is 44.0 Å². The van der Waals surface area contributed by atoms with Gasteiger partial charge in [-0.25, -0.2) is 19.9 Å². The van der Waals surface area contributed by atoms with Crippen LogP contribution in [0, 0.1) is 13.8 Å². The third-order valence-corrected chi connectivity index (χ3v) is 7.28. The van der Waals surface area contributed by atoms with E-state index in [0.29, 0.717) is 22.8 Å². The van der Waals surface area contributed by atoms with E-state index in [1.807, 2.05) is 32.0 Å². The highest BCUT2D eigenvalue weighted by Gasteiger charge is 2.32. The van der Waals surface area contributed by atoms with E-state index in [0.717, 1.165) is 16.7 Å². The van der Waals surface area contributed by atoms with Gasteiger partial charge in [-0.05, 0) is 67.8 Å². The van der Waals surface area contributed by atoms with Crippen molar-refractivity contribution in [3.05, 3.63) is 89.7 Å². The molecule has 0 aliphatic carbocycles. The Hall–Kier alpha value is -4.69. The molecule has 10 nitrogen and oxygen atoms in total. The summed E-state index contributed by atoms with van der Waals surface area (Å²) in [6.45, 7) is 5.56. The molecular formula is C29H25F3N6O4S. The molecule has 0 radical (unpaired) electrons. The van der Waals surface area contributed by atoms with E-state index in [-0.39, 0.29) is 22.6 Å². The van der Waals surface area contributed by atoms with Crippen molar-refractivity contribution in [3.63, 3.8) is 0 Å². The number of benzene rings is 3. The maximum Gasteiger partial charge on any atom is 0.573 e. The normalized spacial score (nSPS) is 15.2. The minimum atomic E-state index is -4.77. The maximum atomic E-state index is 12.6. The molecule has 0 spiro atoms. The van der Waals surface area contributed by atoms with Gasteiger partial charge in [0, 0.05) is 5.56 Å². The van der Waals surface area contributed by atoms with Crippen LogP contribution < -0.4 is 15.1 Å². The number of nitrogens with one attached hydrogen (secondary N) is 1. The molecule has 1 saturated heterocycles. The van der Waals surface area contributed by atoms with Gasteiger partial charge in [-0.2, -0.15) is 4.99 Å². The molecule has 0 bridgehead atoms. The van der Waals surface area contributed by atoms with Gasteiger partial charge in [0.05, 0.1) is 17.1 Å². The first-order chi connectivity index (χ1) is 20.5. The number of aromatic nitrogens is 3. The van der Waals surface area contributed by atoms with Crippen molar-refractivity contribution < 1.29 is 32.3 Å². The van der Waals surface area contributed by atoms with Gasteiger partial charge in [-0.3, -0.25) is 14.5 Å². The number of hydrogen-bond donors (Lipinski definition) is 1. The lowest BCUT2D eigenvalue weighted by Gasteiger charge is -2.19. The molecule has 4 aromatic rings. The van der Waals surface area contributed by atoms with Crippen molar-refractivity contribution in [1.29, 1.82) is 0 Å². The van der Waals surface area contributed by atoms with Gasteiger partial charge in [0.1, 0.15) is 18.2 Å². The lowest BCUT2D eigenvalue weighted by atomic mass is 10.1. The number of urea groups is 1. The van der Waals surface area contributed by atoms with E-state index >= 15 is 0 Å². The lowest BCUT2D eigenvalue weighted by molar-refractivity contribution is -0.274. The number of rotatable bonds is 7. The maximum absolute atomic E-state index is 12.6. The van der Waals surface area contributed by atoms with Crippen LogP contribution in [0.3, 0.4) is 0 Å². The Labute approximate surface area is 248 Å². The SMILES string of the molecule is Cc1ccc(C)c(N2C(=O)CSC2=NC(=O)NOC(C)c2ccc(-c3ncn(-c4ccc(OC(F)(F)F)cc4)n3)cc2)c1. The molecule has 43 heavy (non-hydrogen) atoms. The molecule has 14 heteroatoms. The average molecular weight is 611 g/mol. The second-order valence-electron chi connectivity index (χ2n) is 9.55. The van der Waals surface area contributed by atoms with E-state index < -0.39 is 18.5 Å². The number of alkyl halides is 3. The quantitative estimate of drug-likeness (QED) is 0.245. The zero-order valence-corrected chi connectivity index (χ0v) is 23.9. The summed E-state index contributed by atoms with van der Waals surface area (Å²) in [5.41, 5.74) is 6.82. The summed E-state index contributed by atoms with van der Waals surface area (Å²) in [5.74, 6) is 0.0857. The standard InChI is InChI=1S/C29H25F3N6O4S/c1-17-4-5-18(2)24(14-17)38-25(39)15-43-28(38)34-27(40)36-42-19(3)20-6-8-21(9-7-20)26-33-16-37(35-26)22-10-12-23(13-11-22)41-29(30,31)32/h4-14,16,19H,15H2,1-3H3,(H,36,40). The van der Waals surface area contributed by atoms with Gasteiger partial charge >= 0.3 is 12.4 Å². The third-order valence-electron chi connectivity index (χ3n) is 6.36. The van der Waals surface area contributed by atoms with Gasteiger partial charge in [0.2, 0.25) is 5.91 Å². The molecule has 2 heterocycles. The molecule has 1 unspecified atom stereocenters. The summed E-state index contributed by atoms with van der Waals surface area (Å²) in [4.78, 5) is 40.4. The molecule has 1 fully saturated rings. The number of amidine groups is 1. The van der Waals surface area contributed by atoms with E-state index in [2.05, 4.69) is 25.3 Å². The fourth-order valence-electron chi connectivity index (χ4n) is 4.18. The summed E-state index contributed by atoms with van der Waals surface area (Å²) < 4.78 is 42.5. The van der Waals surface area contributed by atoms with E-state index in [1.54, 1.807) is 31.2 Å². The van der Waals surface area contributed by atoms with Gasteiger partial charge in [-0.1, -0.05) is 48.2 Å². The highest BCUT2D eigenvalue weighted by molar-refractivity contribution is 8.15. The second kappa shape index (κ2) is 12.3. The van der Waals surface area contributed by atoms with Gasteiger partial charge < -0.3 is 4.74 Å². The highest BCUT2D eigenvalue weighted by Crippen LogP contribution is 2.30. The molecule has 1 N–H and O–H groups in total. The first-order valence-corrected chi connectivity index (χ1v) is 13.9. The molecule has 1 atom stereocenters. The highest BCUT2D eigenvalue weighted by atomic mass is 32.2. The zero-order chi connectivity index (χ0) is 30.7. The molecule has 222 valence electrons. The Morgan fingerprint density at radius 1 is 1.07 bits per heavy atom. The third kappa shape index (κ3) is 7.21. The van der Waals surface area contributed by atoms with Gasteiger partial charge in [-0.15, -0.1) is 18.3 Å². The van der Waals surface area contributed by atoms with Crippen LogP contribution in [0.15, 0.2) is 78.0 Å². The van der Waals surface area contributed by atoms with Crippen molar-refractivity contribution in [2.45, 2.75) is 33.2 Å². The Balaban J connectivity index is 1.19. The molecule has 3 amide bonds. The fraction of sp³-hybridized carbons (Fsp3) is 0.207. The van der Waals surface area contributed by atoms with Crippen LogP contribution in [0.5, 0.6) is 5.75 Å². The summed E-state index contributed by atoms with van der Waals surface area (Å²) in [7, 11) is 0. The Kier molecular flexibility index (Phi) is 8.50. The number of hydroxylamine groups is 1. The average Bonchev–Trinajstić information content (AvgIpc) is 3.60. The number of ether oxygens (including phenoxy) is 1. The van der Waals surface area contributed by atoms with Crippen LogP contribution in [0.4, 0.5) is 23.7 Å². The Bertz CT molecular complexity index is 1670. The largest absolute Gasteiger partial charge is 0.573 e. The smallest absolute Gasteiger partial charge is 0.406 e. The van der Waals surface area contributed by atoms with Crippen LogP contribution in [0.2, 0.25) is 0 Å². The molecule has 0 saturated carbocycles. The van der Waals surface area contributed by atoms with Crippen LogP contribution >= 0.6 is 11.8 Å². The molecule has 1 aliphatic heterocycles. The van der Waals surface area contributed by atoms with Crippen molar-refractivity contribution >= 4 is 34.6 Å². The number of carbonyl (C=O) groups excluding carboxylic acids is 2. The molecule has 5 rings (SSSR count). The first kappa shape index (κ1) is 29.8. The van der Waals surface area contributed by atoms with Crippen molar-refractivity contribution in [1.82, 2.24) is 20.2 Å². The topological polar surface area (TPSA) is 111 Å². The van der Waals surface area contributed by atoms with Crippen LogP contribution in [0.25, 0.3) is 17.1 Å². The fourth-order valence-corrected chi connectivity index (χ4v) is 5.04. The zero-order valence-electron chi connectivity index (χ0n) is 23.1. The monoisotopic (exact) mass is 610 g/mol. The summed E-state index contributed by atoms with van der Waals surface area (Å²) in [6, 6.07) is 17.4. The molecule has 1 aliphatic rings. The minimum absolute atomic E-state index is 0.160. The first-order valence-electron chi connectivity index (χ1n) is 12.9. The Morgan fingerprint density at radius 2 is 1.79 bits per heavy atom. The molecule has 3 aromatic carbocycles. The van der Waals surface area contributed by atoms with Crippen LogP contribution in [-0.2, 0) is 9.63 Å². The molecular weight excluding hydrogens is 585 g/mol. The number of aryl methyl sites for hydroxylation is 2. The molecule has 1 aromatic heterocycles. The number of carbonyl (C=O) groups is 2. The van der Waals surface area contributed by atoms with E-state index in [1.165, 1.54) is 51.9 Å². The second-order valence-corrected chi connectivity index (χ2v) is 10.5. The van der Waals surface area contributed by atoms with Crippen molar-refractivity contribution in [2.75, 3.05) is 10.7 Å². The van der Waals surface area contributed by atoms with Gasteiger partial charge in [0.25, 0.3) is 0 Å². The number of thioether (sulfide) groups is 1. The van der Waals surface area contributed by atoms with E-state index in [4.69, 9.17) is 4.84 Å². The number of hydrogen-bond acceptors (Lipinski definition) is 7. The van der Waals surface area contributed by atoms with Crippen molar-refractivity contribution in [2.24, 2.45) is 4.99 Å². The minimum Gasteiger partial charge on any atom is -0.406 e. The number of nitrogens with zero attached hydrogens (tertiary/aromatic N) is 5. The van der Waals surface area contributed by atoms with Gasteiger partial charge in [0.15, 0.2) is 11.0 Å². The number of halogens is 3. The summed E-state index contributed by atoms with van der Waals surface area (Å²) in [6.07, 6.45) is -3.85. The summed E-state index contributed by atoms with van der Waals surface area (Å²) >= 11 is 1.18. The number of amides is 3. The number of anilines is 1.